The third-order valence-corrected chi connectivity index (χ3v) is 2.88. The van der Waals surface area contributed by atoms with Crippen LogP contribution in [0.3, 0.4) is 0 Å². The van der Waals surface area contributed by atoms with Crippen molar-refractivity contribution < 1.29 is 4.79 Å². The number of amides is 1. The van der Waals surface area contributed by atoms with Crippen LogP contribution in [0.2, 0.25) is 5.02 Å². The summed E-state index contributed by atoms with van der Waals surface area (Å²) in [7, 11) is 0. The minimum atomic E-state index is 0.0207. The second-order valence-corrected chi connectivity index (χ2v) is 4.82. The van der Waals surface area contributed by atoms with E-state index in [4.69, 9.17) is 11.6 Å². The highest BCUT2D eigenvalue weighted by Gasteiger charge is 2.28. The van der Waals surface area contributed by atoms with Crippen LogP contribution in [0.15, 0.2) is 18.2 Å². The molecule has 0 radical (unpaired) electrons. The molecule has 0 aliphatic carbocycles. The molecule has 0 fully saturated rings. The Morgan fingerprint density at radius 2 is 2.20 bits per heavy atom. The minimum Gasteiger partial charge on any atom is -0.345 e. The number of carbonyl (C=O) groups excluding carboxylic acids is 1. The highest BCUT2D eigenvalue weighted by atomic mass is 35.5. The van der Waals surface area contributed by atoms with Crippen LogP contribution in [0.25, 0.3) is 0 Å². The van der Waals surface area contributed by atoms with Crippen molar-refractivity contribution in [3.05, 3.63) is 34.3 Å². The Labute approximate surface area is 94.6 Å². The summed E-state index contributed by atoms with van der Waals surface area (Å²) in [5.41, 5.74) is 1.81. The predicted molar refractivity (Wildman–Crippen MR) is 61.1 cm³/mol. The first-order valence-corrected chi connectivity index (χ1v) is 5.56. The van der Waals surface area contributed by atoms with Gasteiger partial charge < -0.3 is 5.32 Å². The van der Waals surface area contributed by atoms with E-state index in [1.807, 2.05) is 6.07 Å². The summed E-state index contributed by atoms with van der Waals surface area (Å²) in [6.07, 6.45) is 0.957. The Hall–Kier alpha value is -1.02. The van der Waals surface area contributed by atoms with Gasteiger partial charge in [-0.25, -0.2) is 0 Å². The van der Waals surface area contributed by atoms with E-state index in [9.17, 15) is 4.79 Å². The molecule has 0 aromatic heterocycles. The van der Waals surface area contributed by atoms with Crippen molar-refractivity contribution in [1.29, 1.82) is 0 Å². The SMILES string of the molecule is CC(C)CC1NC(=O)c2ccc(Cl)cc21. The molecule has 2 rings (SSSR count). The zero-order valence-electron chi connectivity index (χ0n) is 8.88. The summed E-state index contributed by atoms with van der Waals surface area (Å²) < 4.78 is 0. The second kappa shape index (κ2) is 3.86. The third kappa shape index (κ3) is 2.00. The second-order valence-electron chi connectivity index (χ2n) is 4.39. The number of rotatable bonds is 2. The van der Waals surface area contributed by atoms with E-state index in [2.05, 4.69) is 19.2 Å². The molecular formula is C12H14ClNO. The quantitative estimate of drug-likeness (QED) is 0.820. The van der Waals surface area contributed by atoms with Crippen LogP contribution in [0.5, 0.6) is 0 Å². The molecule has 15 heavy (non-hydrogen) atoms. The summed E-state index contributed by atoms with van der Waals surface area (Å²) in [4.78, 5) is 11.6. The molecule has 1 aliphatic heterocycles. The fourth-order valence-corrected chi connectivity index (χ4v) is 2.18. The number of carbonyl (C=O) groups is 1. The average molecular weight is 224 g/mol. The largest absolute Gasteiger partial charge is 0.345 e. The molecule has 0 saturated heterocycles. The van der Waals surface area contributed by atoms with E-state index < -0.39 is 0 Å². The van der Waals surface area contributed by atoms with Crippen LogP contribution in [0.1, 0.15) is 42.2 Å². The Morgan fingerprint density at radius 3 is 2.87 bits per heavy atom. The van der Waals surface area contributed by atoms with Crippen LogP contribution in [0.4, 0.5) is 0 Å². The molecule has 0 spiro atoms. The first-order chi connectivity index (χ1) is 7.08. The van der Waals surface area contributed by atoms with Crippen molar-refractivity contribution in [3.8, 4) is 0 Å². The number of halogens is 1. The van der Waals surface area contributed by atoms with Crippen molar-refractivity contribution in [2.45, 2.75) is 26.3 Å². The van der Waals surface area contributed by atoms with Crippen LogP contribution in [0, 0.1) is 5.92 Å². The summed E-state index contributed by atoms with van der Waals surface area (Å²) >= 11 is 5.93. The van der Waals surface area contributed by atoms with Gasteiger partial charge in [-0.05, 0) is 36.1 Å². The van der Waals surface area contributed by atoms with Gasteiger partial charge >= 0.3 is 0 Å². The Morgan fingerprint density at radius 1 is 1.47 bits per heavy atom. The van der Waals surface area contributed by atoms with Crippen LogP contribution < -0.4 is 5.32 Å². The van der Waals surface area contributed by atoms with Crippen molar-refractivity contribution in [2.24, 2.45) is 5.92 Å². The van der Waals surface area contributed by atoms with E-state index in [1.54, 1.807) is 12.1 Å². The zero-order valence-corrected chi connectivity index (χ0v) is 9.64. The molecule has 0 saturated carbocycles. The van der Waals surface area contributed by atoms with E-state index >= 15 is 0 Å². The van der Waals surface area contributed by atoms with Crippen LogP contribution >= 0.6 is 11.6 Å². The Balaban J connectivity index is 2.35. The van der Waals surface area contributed by atoms with Crippen molar-refractivity contribution in [3.63, 3.8) is 0 Å². The number of nitrogens with one attached hydrogen (secondary N) is 1. The lowest BCUT2D eigenvalue weighted by Crippen LogP contribution is -2.20. The molecular weight excluding hydrogens is 210 g/mol. The van der Waals surface area contributed by atoms with Gasteiger partial charge in [-0.3, -0.25) is 4.79 Å². The van der Waals surface area contributed by atoms with Gasteiger partial charge in [0, 0.05) is 10.6 Å². The summed E-state index contributed by atoms with van der Waals surface area (Å²) in [6, 6.07) is 5.58. The van der Waals surface area contributed by atoms with E-state index in [0.29, 0.717) is 10.9 Å². The average Bonchev–Trinajstić information content (AvgIpc) is 2.42. The van der Waals surface area contributed by atoms with Crippen molar-refractivity contribution in [1.82, 2.24) is 5.32 Å². The van der Waals surface area contributed by atoms with Gasteiger partial charge in [0.25, 0.3) is 5.91 Å². The lowest BCUT2D eigenvalue weighted by molar-refractivity contribution is 0.0953. The molecule has 1 aromatic rings. The zero-order chi connectivity index (χ0) is 11.0. The van der Waals surface area contributed by atoms with Gasteiger partial charge in [-0.15, -0.1) is 0 Å². The molecule has 1 atom stereocenters. The number of hydrogen-bond donors (Lipinski definition) is 1. The van der Waals surface area contributed by atoms with Crippen LogP contribution in [-0.4, -0.2) is 5.91 Å². The summed E-state index contributed by atoms with van der Waals surface area (Å²) in [5.74, 6) is 0.576. The fourth-order valence-electron chi connectivity index (χ4n) is 2.00. The van der Waals surface area contributed by atoms with Gasteiger partial charge in [0.2, 0.25) is 0 Å². The lowest BCUT2D eigenvalue weighted by atomic mass is 9.97. The van der Waals surface area contributed by atoms with Gasteiger partial charge in [-0.2, -0.15) is 0 Å². The predicted octanol–water partition coefficient (Wildman–Crippen LogP) is 3.17. The molecule has 1 unspecified atom stereocenters. The maximum atomic E-state index is 11.6. The van der Waals surface area contributed by atoms with Gasteiger partial charge in [0.15, 0.2) is 0 Å². The Bertz CT molecular complexity index is 401. The minimum absolute atomic E-state index is 0.0207. The maximum Gasteiger partial charge on any atom is 0.252 e. The normalized spacial score (nSPS) is 19.2. The topological polar surface area (TPSA) is 29.1 Å². The summed E-state index contributed by atoms with van der Waals surface area (Å²) in [5, 5.41) is 3.67. The first kappa shape index (κ1) is 10.5. The van der Waals surface area contributed by atoms with E-state index in [1.165, 1.54) is 0 Å². The van der Waals surface area contributed by atoms with Crippen molar-refractivity contribution in [2.75, 3.05) is 0 Å². The molecule has 80 valence electrons. The fraction of sp³-hybridized carbons (Fsp3) is 0.417. The molecule has 1 N–H and O–H groups in total. The Kier molecular flexibility index (Phi) is 2.70. The first-order valence-electron chi connectivity index (χ1n) is 5.18. The molecule has 1 aliphatic rings. The molecule has 1 heterocycles. The van der Waals surface area contributed by atoms with Gasteiger partial charge in [0.05, 0.1) is 6.04 Å². The monoisotopic (exact) mass is 223 g/mol. The van der Waals surface area contributed by atoms with Crippen molar-refractivity contribution >= 4 is 17.5 Å². The molecule has 2 nitrogen and oxygen atoms in total. The third-order valence-electron chi connectivity index (χ3n) is 2.65. The highest BCUT2D eigenvalue weighted by Crippen LogP contribution is 2.31. The van der Waals surface area contributed by atoms with E-state index in [-0.39, 0.29) is 11.9 Å². The standard InChI is InChI=1S/C12H14ClNO/c1-7(2)5-11-10-6-8(13)3-4-9(10)12(15)14-11/h3-4,6-7,11H,5H2,1-2H3,(H,14,15). The number of hydrogen-bond acceptors (Lipinski definition) is 1. The van der Waals surface area contributed by atoms with Gasteiger partial charge in [-0.1, -0.05) is 25.4 Å². The van der Waals surface area contributed by atoms with E-state index in [0.717, 1.165) is 17.5 Å². The molecule has 1 aromatic carbocycles. The van der Waals surface area contributed by atoms with Gasteiger partial charge in [0.1, 0.15) is 0 Å². The highest BCUT2D eigenvalue weighted by molar-refractivity contribution is 6.30. The number of benzene rings is 1. The van der Waals surface area contributed by atoms with Crippen LogP contribution in [-0.2, 0) is 0 Å². The summed E-state index contributed by atoms with van der Waals surface area (Å²) in [6.45, 7) is 4.30. The smallest absolute Gasteiger partial charge is 0.252 e. The molecule has 3 heteroatoms. The number of fused-ring (bicyclic) bond motifs is 1. The molecule has 1 amide bonds. The molecule has 0 bridgehead atoms. The lowest BCUT2D eigenvalue weighted by Gasteiger charge is -2.14. The maximum absolute atomic E-state index is 11.6.